The molecule has 3 heterocycles. The van der Waals surface area contributed by atoms with Crippen LogP contribution in [0.3, 0.4) is 0 Å². The maximum absolute atomic E-state index is 5.59. The van der Waals surface area contributed by atoms with Crippen molar-refractivity contribution in [2.45, 2.75) is 38.4 Å². The highest BCUT2D eigenvalue weighted by molar-refractivity contribution is 6.38. The normalized spacial score (nSPS) is 21.6. The third-order valence-corrected chi connectivity index (χ3v) is 6.12. The van der Waals surface area contributed by atoms with E-state index in [2.05, 4.69) is 33.4 Å². The molecule has 3 aliphatic rings. The first-order valence-corrected chi connectivity index (χ1v) is 11.2. The van der Waals surface area contributed by atoms with Crippen LogP contribution in [0, 0.1) is 6.92 Å². The molecule has 0 N–H and O–H groups in total. The van der Waals surface area contributed by atoms with E-state index in [0.29, 0.717) is 13.0 Å². The van der Waals surface area contributed by atoms with E-state index in [9.17, 15) is 0 Å². The van der Waals surface area contributed by atoms with Gasteiger partial charge in [-0.2, -0.15) is 5.10 Å². The second-order valence-electron chi connectivity index (χ2n) is 8.55. The van der Waals surface area contributed by atoms with E-state index in [4.69, 9.17) is 24.0 Å². The molecule has 9 nitrogen and oxygen atoms in total. The first kappa shape index (κ1) is 21.9. The molecule has 0 fully saturated rings. The van der Waals surface area contributed by atoms with Crippen molar-refractivity contribution in [1.29, 1.82) is 0 Å². The van der Waals surface area contributed by atoms with E-state index in [1.807, 2.05) is 44.7 Å². The minimum Gasteiger partial charge on any atom is -0.501 e. The molecule has 0 radical (unpaired) electrons. The summed E-state index contributed by atoms with van der Waals surface area (Å²) in [5.41, 5.74) is 4.61. The van der Waals surface area contributed by atoms with Crippen molar-refractivity contribution < 1.29 is 14.0 Å². The Morgan fingerprint density at radius 2 is 2.12 bits per heavy atom. The molecule has 2 unspecified atom stereocenters. The molecular weight excluding hydrogens is 432 g/mol. The number of nitrogens with zero attached hydrogens (tertiary/aromatic N) is 6. The van der Waals surface area contributed by atoms with Crippen LogP contribution in [-0.2, 0) is 23.1 Å². The highest BCUT2D eigenvalue weighted by atomic mass is 16.5. The topological polar surface area (TPSA) is 90.3 Å². The second-order valence-corrected chi connectivity index (χ2v) is 8.55. The van der Waals surface area contributed by atoms with E-state index in [-0.39, 0.29) is 12.1 Å². The van der Waals surface area contributed by atoms with E-state index in [1.165, 1.54) is 0 Å². The third-order valence-electron chi connectivity index (χ3n) is 6.12. The van der Waals surface area contributed by atoms with Crippen LogP contribution >= 0.6 is 0 Å². The molecule has 1 aliphatic heterocycles. The fourth-order valence-electron chi connectivity index (χ4n) is 4.37. The molecule has 0 aromatic carbocycles. The first-order valence-electron chi connectivity index (χ1n) is 11.2. The number of aliphatic imine (C=N–C) groups is 2. The summed E-state index contributed by atoms with van der Waals surface area (Å²) in [6.07, 6.45) is 15.5. The van der Waals surface area contributed by atoms with Crippen molar-refractivity contribution in [3.8, 4) is 0 Å². The Morgan fingerprint density at radius 1 is 1.24 bits per heavy atom. The predicted molar refractivity (Wildman–Crippen MR) is 128 cm³/mol. The number of aryl methyl sites for hydroxylation is 2. The van der Waals surface area contributed by atoms with Crippen LogP contribution in [0.1, 0.15) is 29.9 Å². The number of fused-ring (bicyclic) bond motifs is 1. The fourth-order valence-corrected chi connectivity index (χ4v) is 4.37. The number of hydrogen-bond donors (Lipinski definition) is 0. The molecule has 34 heavy (non-hydrogen) atoms. The minimum absolute atomic E-state index is 0.00817. The smallest absolute Gasteiger partial charge is 0.156 e. The molecule has 0 saturated carbocycles. The number of aromatic nitrogens is 3. The van der Waals surface area contributed by atoms with Crippen LogP contribution in [0.25, 0.3) is 0 Å². The number of rotatable bonds is 7. The van der Waals surface area contributed by atoms with Crippen LogP contribution < -0.4 is 0 Å². The van der Waals surface area contributed by atoms with Crippen LogP contribution in [0.4, 0.5) is 0 Å². The van der Waals surface area contributed by atoms with Crippen molar-refractivity contribution in [3.05, 3.63) is 82.7 Å². The summed E-state index contributed by atoms with van der Waals surface area (Å²) in [6.45, 7) is 2.48. The SMILES string of the molecule is COC1=CC(N(Cc2cc(C)no2)C2=CCC3N=CC(c4cnn(C)c4)=NC3=C2)CC(OC)=C1. The van der Waals surface area contributed by atoms with Crippen molar-refractivity contribution in [2.24, 2.45) is 17.0 Å². The summed E-state index contributed by atoms with van der Waals surface area (Å²) in [7, 11) is 5.25. The zero-order chi connectivity index (χ0) is 23.7. The van der Waals surface area contributed by atoms with Gasteiger partial charge in [0.2, 0.25) is 0 Å². The van der Waals surface area contributed by atoms with E-state index in [0.717, 1.165) is 52.1 Å². The number of methoxy groups -OCH3 is 2. The monoisotopic (exact) mass is 460 g/mol. The summed E-state index contributed by atoms with van der Waals surface area (Å²) in [6, 6.07) is 1.99. The van der Waals surface area contributed by atoms with Gasteiger partial charge in [0.05, 0.1) is 56.1 Å². The van der Waals surface area contributed by atoms with Crippen LogP contribution in [0.15, 0.2) is 80.2 Å². The number of ether oxygens (including phenoxy) is 2. The zero-order valence-electron chi connectivity index (χ0n) is 19.8. The van der Waals surface area contributed by atoms with Gasteiger partial charge < -0.3 is 18.9 Å². The molecule has 0 amide bonds. The van der Waals surface area contributed by atoms with Gasteiger partial charge >= 0.3 is 0 Å². The van der Waals surface area contributed by atoms with Crippen LogP contribution in [0.5, 0.6) is 0 Å². The molecule has 2 aliphatic carbocycles. The molecule has 0 saturated heterocycles. The van der Waals surface area contributed by atoms with Crippen molar-refractivity contribution in [3.63, 3.8) is 0 Å². The lowest BCUT2D eigenvalue weighted by molar-refractivity contribution is 0.197. The largest absolute Gasteiger partial charge is 0.501 e. The molecule has 0 bridgehead atoms. The summed E-state index contributed by atoms with van der Waals surface area (Å²) in [5, 5.41) is 8.33. The third kappa shape index (κ3) is 4.46. The fraction of sp³-hybridized carbons (Fsp3) is 0.360. The maximum atomic E-state index is 5.59. The predicted octanol–water partition coefficient (Wildman–Crippen LogP) is 3.47. The van der Waals surface area contributed by atoms with Gasteiger partial charge in [0, 0.05) is 49.3 Å². The molecule has 2 aromatic heterocycles. The minimum atomic E-state index is 0.00817. The van der Waals surface area contributed by atoms with Gasteiger partial charge in [-0.3, -0.25) is 9.67 Å². The molecular formula is C25H28N6O3. The average Bonchev–Trinajstić information content (AvgIpc) is 3.49. The lowest BCUT2D eigenvalue weighted by atomic mass is 9.98. The van der Waals surface area contributed by atoms with Gasteiger partial charge in [-0.15, -0.1) is 0 Å². The van der Waals surface area contributed by atoms with E-state index in [1.54, 1.807) is 18.9 Å². The molecule has 0 spiro atoms. The number of allylic oxidation sites excluding steroid dienone is 2. The van der Waals surface area contributed by atoms with Gasteiger partial charge in [0.1, 0.15) is 11.5 Å². The quantitative estimate of drug-likeness (QED) is 0.629. The van der Waals surface area contributed by atoms with Gasteiger partial charge in [0.15, 0.2) is 5.76 Å². The van der Waals surface area contributed by atoms with E-state index >= 15 is 0 Å². The highest BCUT2D eigenvalue weighted by Crippen LogP contribution is 2.32. The Morgan fingerprint density at radius 3 is 2.82 bits per heavy atom. The molecule has 5 rings (SSSR count). The molecule has 176 valence electrons. The Labute approximate surface area is 198 Å². The lowest BCUT2D eigenvalue weighted by Crippen LogP contribution is -2.35. The van der Waals surface area contributed by atoms with E-state index < -0.39 is 0 Å². The molecule has 2 aromatic rings. The van der Waals surface area contributed by atoms with Gasteiger partial charge in [-0.1, -0.05) is 11.2 Å². The van der Waals surface area contributed by atoms with Gasteiger partial charge in [0.25, 0.3) is 0 Å². The Hall–Kier alpha value is -3.88. The number of hydrogen-bond acceptors (Lipinski definition) is 8. The van der Waals surface area contributed by atoms with Crippen molar-refractivity contribution in [2.75, 3.05) is 14.2 Å². The van der Waals surface area contributed by atoms with Gasteiger partial charge in [-0.05, 0) is 25.5 Å². The summed E-state index contributed by atoms with van der Waals surface area (Å²) >= 11 is 0. The highest BCUT2D eigenvalue weighted by Gasteiger charge is 2.29. The first-order chi connectivity index (χ1) is 16.5. The van der Waals surface area contributed by atoms with Crippen LogP contribution in [0.2, 0.25) is 0 Å². The van der Waals surface area contributed by atoms with Crippen molar-refractivity contribution >= 4 is 11.9 Å². The Balaban J connectivity index is 1.49. The molecule has 9 heteroatoms. The van der Waals surface area contributed by atoms with Gasteiger partial charge in [-0.25, -0.2) is 4.99 Å². The standard InChI is InChI=1S/C25H28N6O3/c1-16-7-22(34-29-16)15-31(19-8-20(32-3)11-21(9-19)33-4)18-5-6-23-24(10-18)28-25(13-26-23)17-12-27-30(2)14-17/h5,7-8,10-14,19,23H,6,9,15H2,1-4H3. The van der Waals surface area contributed by atoms with Crippen LogP contribution in [-0.4, -0.2) is 58.1 Å². The Kier molecular flexibility index (Phi) is 5.91. The average molecular weight is 461 g/mol. The Bertz CT molecular complexity index is 1260. The summed E-state index contributed by atoms with van der Waals surface area (Å²) in [4.78, 5) is 12.0. The lowest BCUT2D eigenvalue weighted by Gasteiger charge is -2.36. The molecule has 2 atom stereocenters. The van der Waals surface area contributed by atoms with Crippen molar-refractivity contribution in [1.82, 2.24) is 19.8 Å². The maximum Gasteiger partial charge on any atom is 0.156 e. The summed E-state index contributed by atoms with van der Waals surface area (Å²) < 4.78 is 18.5. The summed E-state index contributed by atoms with van der Waals surface area (Å²) in [5.74, 6) is 2.43. The second kappa shape index (κ2) is 9.17. The zero-order valence-corrected chi connectivity index (χ0v) is 19.8.